The van der Waals surface area contributed by atoms with Gasteiger partial charge in [0.05, 0.1) is 6.61 Å². The molecule has 0 unspecified atom stereocenters. The topological polar surface area (TPSA) is 9.23 Å². The van der Waals surface area contributed by atoms with Gasteiger partial charge in [0.2, 0.25) is 0 Å². The third-order valence-electron chi connectivity index (χ3n) is 2.52. The van der Waals surface area contributed by atoms with Gasteiger partial charge >= 0.3 is 37.0 Å². The fourth-order valence-electron chi connectivity index (χ4n) is 1.67. The molecule has 0 saturated carbocycles. The molecule has 0 atom stereocenters. The van der Waals surface area contributed by atoms with Gasteiger partial charge in [0, 0.05) is 5.02 Å². The standard InChI is InChI=1S/C15H14ClO.2ClH.Li.Mg.H/c1-2-17-14-9-7-12(8-10-14)11-13-5-3-4-6-15(13)16;;;;;/h4-10H,2,11H2,1H3;2*1H;;;/q;;;;+2;/p-2. The molecule has 0 spiro atoms. The summed E-state index contributed by atoms with van der Waals surface area (Å²) >= 11 is 5.47. The SMILES string of the molecule is CCOc1ccc(Cc2c[c]ccc2Cl)cc1.[Cl][Mg][Cl].[LiH]. The van der Waals surface area contributed by atoms with Gasteiger partial charge in [-0.2, -0.15) is 0 Å². The van der Waals surface area contributed by atoms with Crippen LogP contribution in [-0.4, -0.2) is 43.6 Å². The molecule has 0 aromatic heterocycles. The van der Waals surface area contributed by atoms with Gasteiger partial charge in [-0.1, -0.05) is 29.8 Å². The summed E-state index contributed by atoms with van der Waals surface area (Å²) in [6.07, 6.45) is 0.822. The van der Waals surface area contributed by atoms with Gasteiger partial charge < -0.3 is 22.9 Å². The molecule has 0 aliphatic heterocycles. The monoisotopic (exact) mass is 347 g/mol. The Morgan fingerprint density at radius 1 is 1.14 bits per heavy atom. The van der Waals surface area contributed by atoms with E-state index in [4.69, 9.17) is 34.5 Å². The van der Waals surface area contributed by atoms with E-state index in [2.05, 4.69) is 18.2 Å². The van der Waals surface area contributed by atoms with Gasteiger partial charge in [-0.3, -0.25) is 0 Å². The molecule has 1 nitrogen and oxygen atoms in total. The van der Waals surface area contributed by atoms with Crippen LogP contribution in [0.1, 0.15) is 18.1 Å². The van der Waals surface area contributed by atoms with Crippen molar-refractivity contribution >= 4 is 66.8 Å². The molecule has 0 amide bonds. The summed E-state index contributed by atoms with van der Waals surface area (Å²) < 4.78 is 5.40. The van der Waals surface area contributed by atoms with Crippen molar-refractivity contribution in [3.8, 4) is 5.75 Å². The molecule has 0 bridgehead atoms. The maximum atomic E-state index is 6.11. The first-order valence-corrected chi connectivity index (χ1v) is 10.8. The fraction of sp³-hybridized carbons (Fsp3) is 0.200. The quantitative estimate of drug-likeness (QED) is 0.740. The molecule has 105 valence electrons. The van der Waals surface area contributed by atoms with E-state index in [-0.39, 0.29) is 18.9 Å². The molecule has 0 N–H and O–H groups in total. The van der Waals surface area contributed by atoms with E-state index in [1.54, 1.807) is 0 Å². The van der Waals surface area contributed by atoms with Gasteiger partial charge in [0.15, 0.2) is 0 Å². The van der Waals surface area contributed by atoms with E-state index < -0.39 is 18.2 Å². The summed E-state index contributed by atoms with van der Waals surface area (Å²) in [5.41, 5.74) is 2.31. The molecule has 6 heteroatoms. The Labute approximate surface area is 160 Å². The molecule has 21 heavy (non-hydrogen) atoms. The first-order valence-electron chi connectivity index (χ1n) is 6.19. The van der Waals surface area contributed by atoms with Crippen LogP contribution in [0.3, 0.4) is 0 Å². The Kier molecular flexibility index (Phi) is 13.3. The first-order chi connectivity index (χ1) is 9.71. The Hall–Kier alpha value is 0.474. The molecule has 0 aliphatic rings. The van der Waals surface area contributed by atoms with Gasteiger partial charge in [-0.05, 0) is 54.8 Å². The summed E-state index contributed by atoms with van der Waals surface area (Å²) in [7, 11) is 9.81. The van der Waals surface area contributed by atoms with Gasteiger partial charge in [0.1, 0.15) is 5.75 Å². The summed E-state index contributed by atoms with van der Waals surface area (Å²) in [6.45, 7) is 2.67. The van der Waals surface area contributed by atoms with Crippen molar-refractivity contribution < 1.29 is 4.74 Å². The molecule has 0 saturated heterocycles. The van der Waals surface area contributed by atoms with Crippen molar-refractivity contribution in [3.63, 3.8) is 0 Å². The normalized spacial score (nSPS) is 8.76. The second-order valence-corrected chi connectivity index (χ2v) is 6.91. The van der Waals surface area contributed by atoms with Gasteiger partial charge in [-0.15, -0.1) is 0 Å². The average molecular weight is 349 g/mol. The van der Waals surface area contributed by atoms with Crippen molar-refractivity contribution in [2.24, 2.45) is 0 Å². The number of ether oxygens (including phenoxy) is 1. The van der Waals surface area contributed by atoms with Crippen LogP contribution in [0.4, 0.5) is 0 Å². The van der Waals surface area contributed by atoms with E-state index in [1.165, 1.54) is 5.56 Å². The molecular formula is C15H15Cl3LiMgO. The number of benzene rings is 2. The third-order valence-corrected chi connectivity index (χ3v) is 2.89. The molecule has 0 fully saturated rings. The van der Waals surface area contributed by atoms with Crippen LogP contribution in [0.5, 0.6) is 5.75 Å². The van der Waals surface area contributed by atoms with E-state index >= 15 is 0 Å². The first kappa shape index (κ1) is 21.5. The zero-order valence-corrected chi connectivity index (χ0v) is 14.9. The summed E-state index contributed by atoms with van der Waals surface area (Å²) in [4.78, 5) is 0. The van der Waals surface area contributed by atoms with Crippen molar-refractivity contribution in [3.05, 3.63) is 64.7 Å². The van der Waals surface area contributed by atoms with Crippen molar-refractivity contribution in [2.45, 2.75) is 13.3 Å². The number of hydrogen-bond acceptors (Lipinski definition) is 1. The van der Waals surface area contributed by atoms with E-state index in [1.807, 2.05) is 37.3 Å². The van der Waals surface area contributed by atoms with Gasteiger partial charge in [-0.25, -0.2) is 0 Å². The molecule has 0 aliphatic carbocycles. The van der Waals surface area contributed by atoms with E-state index in [0.717, 1.165) is 22.8 Å². The Morgan fingerprint density at radius 3 is 2.29 bits per heavy atom. The summed E-state index contributed by atoms with van der Waals surface area (Å²) in [6, 6.07) is 16.8. The Balaban J connectivity index is 0.000000922. The predicted octanol–water partition coefficient (Wildman–Crippen LogP) is 4.48. The van der Waals surface area contributed by atoms with E-state index in [9.17, 15) is 0 Å². The minimum absolute atomic E-state index is 0. The second-order valence-electron chi connectivity index (χ2n) is 3.87. The van der Waals surface area contributed by atoms with Crippen LogP contribution in [0.25, 0.3) is 0 Å². The van der Waals surface area contributed by atoms with Crippen LogP contribution in [0.2, 0.25) is 5.02 Å². The van der Waals surface area contributed by atoms with Crippen molar-refractivity contribution in [1.29, 1.82) is 0 Å². The number of halogens is 3. The molecule has 2 rings (SSSR count). The van der Waals surface area contributed by atoms with Crippen LogP contribution in [0.15, 0.2) is 42.5 Å². The summed E-state index contributed by atoms with van der Waals surface area (Å²) in [5.74, 6) is 0.905. The zero-order valence-electron chi connectivity index (χ0n) is 11.2. The van der Waals surface area contributed by atoms with E-state index in [0.29, 0.717) is 6.61 Å². The van der Waals surface area contributed by atoms with Crippen LogP contribution < -0.4 is 4.74 Å². The van der Waals surface area contributed by atoms with Crippen molar-refractivity contribution in [2.75, 3.05) is 6.61 Å². The minimum atomic E-state index is -0.639. The van der Waals surface area contributed by atoms with Crippen LogP contribution >= 0.6 is 29.7 Å². The Bertz CT molecular complexity index is 509. The Morgan fingerprint density at radius 2 is 1.76 bits per heavy atom. The van der Waals surface area contributed by atoms with Crippen LogP contribution in [-0.2, 0) is 6.42 Å². The summed E-state index contributed by atoms with van der Waals surface area (Å²) in [5, 5.41) is 0.789. The fourth-order valence-corrected chi connectivity index (χ4v) is 1.86. The molecule has 2 aromatic rings. The van der Waals surface area contributed by atoms with Gasteiger partial charge in [0.25, 0.3) is 0 Å². The average Bonchev–Trinajstić information content (AvgIpc) is 2.45. The molecule has 0 heterocycles. The molecular weight excluding hydrogens is 334 g/mol. The third kappa shape index (κ3) is 8.62. The second kappa shape index (κ2) is 13.0. The number of rotatable bonds is 4. The molecule has 1 radical (unpaired) electrons. The predicted molar refractivity (Wildman–Crippen MR) is 95.3 cm³/mol. The maximum absolute atomic E-state index is 6.11. The van der Waals surface area contributed by atoms with Crippen LogP contribution in [0, 0.1) is 6.07 Å². The zero-order chi connectivity index (χ0) is 14.8. The molecule has 2 aromatic carbocycles. The van der Waals surface area contributed by atoms with Crippen molar-refractivity contribution in [1.82, 2.24) is 0 Å². The number of hydrogen-bond donors (Lipinski definition) is 0.